The van der Waals surface area contributed by atoms with Crippen LogP contribution in [0.1, 0.15) is 22.3 Å². The minimum atomic E-state index is 0.0616. The summed E-state index contributed by atoms with van der Waals surface area (Å²) in [5.41, 5.74) is 9.66. The zero-order valence-electron chi connectivity index (χ0n) is 12.0. The lowest BCUT2D eigenvalue weighted by Gasteiger charge is -2.30. The number of anilines is 2. The summed E-state index contributed by atoms with van der Waals surface area (Å²) in [6, 6.07) is 13.6. The molecular formula is C17H18N2OS. The lowest BCUT2D eigenvalue weighted by molar-refractivity contribution is 0.0982. The number of hydrogen-bond acceptors (Lipinski definition) is 3. The van der Waals surface area contributed by atoms with E-state index in [0.717, 1.165) is 46.8 Å². The normalized spacial score (nSPS) is 13.9. The number of carbonyl (C=O) groups excluding carboxylic acids is 1. The van der Waals surface area contributed by atoms with Gasteiger partial charge in [0.25, 0.3) is 5.91 Å². The van der Waals surface area contributed by atoms with Crippen molar-refractivity contribution in [2.45, 2.75) is 17.7 Å². The third-order valence-corrected chi connectivity index (χ3v) is 4.67. The third-order valence-electron chi connectivity index (χ3n) is 3.87. The molecule has 0 aromatic heterocycles. The van der Waals surface area contributed by atoms with E-state index in [1.807, 2.05) is 53.6 Å². The van der Waals surface area contributed by atoms with Crippen LogP contribution in [0.5, 0.6) is 0 Å². The van der Waals surface area contributed by atoms with E-state index in [1.54, 1.807) is 11.8 Å². The Labute approximate surface area is 129 Å². The first-order valence-corrected chi connectivity index (χ1v) is 8.27. The second kappa shape index (κ2) is 5.82. The van der Waals surface area contributed by atoms with Gasteiger partial charge in [-0.25, -0.2) is 0 Å². The predicted molar refractivity (Wildman–Crippen MR) is 89.1 cm³/mol. The standard InChI is InChI=1S/C17H18N2OS/c1-21-16-10-3-2-6-13(16)17(20)19-11-5-7-12-14(18)8-4-9-15(12)19/h2-4,6,8-10H,5,7,11,18H2,1H3. The van der Waals surface area contributed by atoms with Crippen molar-refractivity contribution in [3.63, 3.8) is 0 Å². The quantitative estimate of drug-likeness (QED) is 0.681. The first kappa shape index (κ1) is 14.0. The van der Waals surface area contributed by atoms with Crippen LogP contribution in [-0.4, -0.2) is 18.7 Å². The zero-order chi connectivity index (χ0) is 14.8. The van der Waals surface area contributed by atoms with Gasteiger partial charge in [-0.3, -0.25) is 4.79 Å². The highest BCUT2D eigenvalue weighted by Crippen LogP contribution is 2.33. The van der Waals surface area contributed by atoms with Gasteiger partial charge in [-0.2, -0.15) is 0 Å². The van der Waals surface area contributed by atoms with Gasteiger partial charge in [-0.1, -0.05) is 18.2 Å². The molecular weight excluding hydrogens is 280 g/mol. The van der Waals surface area contributed by atoms with Crippen molar-refractivity contribution >= 4 is 29.0 Å². The summed E-state index contributed by atoms with van der Waals surface area (Å²) >= 11 is 1.60. The molecule has 1 aliphatic heterocycles. The van der Waals surface area contributed by atoms with E-state index in [1.165, 1.54) is 0 Å². The van der Waals surface area contributed by atoms with Crippen molar-refractivity contribution < 1.29 is 4.79 Å². The van der Waals surface area contributed by atoms with Crippen LogP contribution in [0.2, 0.25) is 0 Å². The second-order valence-electron chi connectivity index (χ2n) is 5.11. The molecule has 2 N–H and O–H groups in total. The number of amides is 1. The maximum Gasteiger partial charge on any atom is 0.259 e. The Balaban J connectivity index is 2.03. The molecule has 2 aromatic carbocycles. The monoisotopic (exact) mass is 298 g/mol. The summed E-state index contributed by atoms with van der Waals surface area (Å²) in [7, 11) is 0. The number of benzene rings is 2. The van der Waals surface area contributed by atoms with Gasteiger partial charge in [-0.15, -0.1) is 11.8 Å². The SMILES string of the molecule is CSc1ccccc1C(=O)N1CCCc2c(N)cccc21. The molecule has 1 aliphatic rings. The van der Waals surface area contributed by atoms with Crippen molar-refractivity contribution in [1.29, 1.82) is 0 Å². The average molecular weight is 298 g/mol. The van der Waals surface area contributed by atoms with Gasteiger partial charge < -0.3 is 10.6 Å². The van der Waals surface area contributed by atoms with E-state index in [-0.39, 0.29) is 5.91 Å². The van der Waals surface area contributed by atoms with Gasteiger partial charge >= 0.3 is 0 Å². The maximum absolute atomic E-state index is 12.9. The van der Waals surface area contributed by atoms with Crippen LogP contribution in [0.4, 0.5) is 11.4 Å². The van der Waals surface area contributed by atoms with E-state index in [9.17, 15) is 4.79 Å². The van der Waals surface area contributed by atoms with Crippen LogP contribution in [-0.2, 0) is 6.42 Å². The van der Waals surface area contributed by atoms with Crippen LogP contribution >= 0.6 is 11.8 Å². The molecule has 0 radical (unpaired) electrons. The van der Waals surface area contributed by atoms with E-state index in [4.69, 9.17) is 5.73 Å². The summed E-state index contributed by atoms with van der Waals surface area (Å²) < 4.78 is 0. The Bertz CT molecular complexity index is 684. The maximum atomic E-state index is 12.9. The molecule has 0 aliphatic carbocycles. The fraction of sp³-hybridized carbons (Fsp3) is 0.235. The van der Waals surface area contributed by atoms with Gasteiger partial charge in [-0.05, 0) is 48.9 Å². The Morgan fingerprint density at radius 1 is 1.19 bits per heavy atom. The molecule has 0 unspecified atom stereocenters. The minimum absolute atomic E-state index is 0.0616. The molecule has 21 heavy (non-hydrogen) atoms. The van der Waals surface area contributed by atoms with Crippen molar-refractivity contribution in [2.24, 2.45) is 0 Å². The third kappa shape index (κ3) is 2.51. The Morgan fingerprint density at radius 2 is 2.00 bits per heavy atom. The Kier molecular flexibility index (Phi) is 3.88. The molecule has 1 heterocycles. The molecule has 3 rings (SSSR count). The fourth-order valence-electron chi connectivity index (χ4n) is 2.83. The van der Waals surface area contributed by atoms with Crippen LogP contribution < -0.4 is 10.6 Å². The minimum Gasteiger partial charge on any atom is -0.398 e. The molecule has 3 nitrogen and oxygen atoms in total. The topological polar surface area (TPSA) is 46.3 Å². The van der Waals surface area contributed by atoms with Crippen molar-refractivity contribution in [2.75, 3.05) is 23.4 Å². The number of nitrogens with two attached hydrogens (primary N) is 1. The molecule has 4 heteroatoms. The summed E-state index contributed by atoms with van der Waals surface area (Å²) in [4.78, 5) is 15.8. The summed E-state index contributed by atoms with van der Waals surface area (Å²) in [5.74, 6) is 0.0616. The molecule has 0 saturated carbocycles. The molecule has 2 aromatic rings. The largest absolute Gasteiger partial charge is 0.398 e. The van der Waals surface area contributed by atoms with Gasteiger partial charge in [0, 0.05) is 22.8 Å². The van der Waals surface area contributed by atoms with Gasteiger partial charge in [0.05, 0.1) is 5.56 Å². The lowest BCUT2D eigenvalue weighted by atomic mass is 9.99. The lowest BCUT2D eigenvalue weighted by Crippen LogP contribution is -2.36. The summed E-state index contributed by atoms with van der Waals surface area (Å²) in [6.07, 6.45) is 3.89. The van der Waals surface area contributed by atoms with E-state index >= 15 is 0 Å². The molecule has 0 fully saturated rings. The van der Waals surface area contributed by atoms with Crippen molar-refractivity contribution in [1.82, 2.24) is 0 Å². The first-order chi connectivity index (χ1) is 10.2. The van der Waals surface area contributed by atoms with E-state index < -0.39 is 0 Å². The molecule has 108 valence electrons. The molecule has 0 saturated heterocycles. The summed E-state index contributed by atoms with van der Waals surface area (Å²) in [5, 5.41) is 0. The molecule has 0 bridgehead atoms. The highest BCUT2D eigenvalue weighted by atomic mass is 32.2. The number of nitrogens with zero attached hydrogens (tertiary/aromatic N) is 1. The second-order valence-corrected chi connectivity index (χ2v) is 5.95. The van der Waals surface area contributed by atoms with Crippen LogP contribution in [0.15, 0.2) is 47.4 Å². The number of thioether (sulfide) groups is 1. The Hall–Kier alpha value is -1.94. The highest BCUT2D eigenvalue weighted by molar-refractivity contribution is 7.98. The smallest absolute Gasteiger partial charge is 0.259 e. The number of carbonyl (C=O) groups is 1. The van der Waals surface area contributed by atoms with Gasteiger partial charge in [0.1, 0.15) is 0 Å². The fourth-order valence-corrected chi connectivity index (χ4v) is 3.42. The highest BCUT2D eigenvalue weighted by Gasteiger charge is 2.25. The molecule has 0 spiro atoms. The summed E-state index contributed by atoms with van der Waals surface area (Å²) in [6.45, 7) is 0.748. The zero-order valence-corrected chi connectivity index (χ0v) is 12.8. The van der Waals surface area contributed by atoms with Gasteiger partial charge in [0.2, 0.25) is 0 Å². The first-order valence-electron chi connectivity index (χ1n) is 7.04. The molecule has 0 atom stereocenters. The van der Waals surface area contributed by atoms with Crippen LogP contribution in [0.3, 0.4) is 0 Å². The van der Waals surface area contributed by atoms with Gasteiger partial charge in [0.15, 0.2) is 0 Å². The number of rotatable bonds is 2. The van der Waals surface area contributed by atoms with Crippen LogP contribution in [0, 0.1) is 0 Å². The van der Waals surface area contributed by atoms with E-state index in [0.29, 0.717) is 0 Å². The predicted octanol–water partition coefficient (Wildman–Crippen LogP) is 3.58. The average Bonchev–Trinajstić information content (AvgIpc) is 2.54. The van der Waals surface area contributed by atoms with Crippen molar-refractivity contribution in [3.8, 4) is 0 Å². The Morgan fingerprint density at radius 3 is 2.81 bits per heavy atom. The van der Waals surface area contributed by atoms with Crippen LogP contribution in [0.25, 0.3) is 0 Å². The van der Waals surface area contributed by atoms with Crippen molar-refractivity contribution in [3.05, 3.63) is 53.6 Å². The van der Waals surface area contributed by atoms with E-state index in [2.05, 4.69) is 0 Å². The number of nitrogen functional groups attached to an aromatic ring is 1. The number of fused-ring (bicyclic) bond motifs is 1. The molecule has 1 amide bonds. The number of hydrogen-bond donors (Lipinski definition) is 1.